The number of esters is 1. The number of unbranched alkanes of at least 4 members (excludes halogenated alkanes) is 3. The van der Waals surface area contributed by atoms with Crippen molar-refractivity contribution < 1.29 is 19.4 Å². The van der Waals surface area contributed by atoms with Gasteiger partial charge in [0.25, 0.3) is 0 Å². The second-order valence-corrected chi connectivity index (χ2v) is 3.39. The normalized spacial score (nSPS) is 8.11. The quantitative estimate of drug-likeness (QED) is 0.409. The van der Waals surface area contributed by atoms with E-state index in [4.69, 9.17) is 20.4 Å². The maximum Gasteiger partial charge on any atom is 0.327 e. The number of nitriles is 2. The van der Waals surface area contributed by atoms with E-state index in [1.807, 2.05) is 12.1 Å². The highest BCUT2D eigenvalue weighted by molar-refractivity contribution is 5.78. The van der Waals surface area contributed by atoms with E-state index in [1.165, 1.54) is 0 Å². The number of rotatable bonds is 8. The lowest BCUT2D eigenvalue weighted by Crippen LogP contribution is -2.05. The molecular weight excluding hydrogens is 248 g/mol. The largest absolute Gasteiger partial charge is 0.478 e. The van der Waals surface area contributed by atoms with Crippen LogP contribution in [0.25, 0.3) is 0 Å². The molecule has 0 spiro atoms. The van der Waals surface area contributed by atoms with Gasteiger partial charge in [-0.25, -0.2) is 4.79 Å². The number of hydrogen-bond donors (Lipinski definition) is 1. The van der Waals surface area contributed by atoms with Crippen LogP contribution >= 0.6 is 0 Å². The lowest BCUT2D eigenvalue weighted by Gasteiger charge is -2.01. The lowest BCUT2D eigenvalue weighted by atomic mass is 10.2. The molecule has 0 heterocycles. The molecule has 6 heteroatoms. The Morgan fingerprint density at radius 2 is 1.68 bits per heavy atom. The predicted octanol–water partition coefficient (Wildman–Crippen LogP) is 2.17. The number of carbonyl (C=O) groups excluding carboxylic acids is 1. The summed E-state index contributed by atoms with van der Waals surface area (Å²) in [5.74, 6) is -1.22. The number of carboxylic acid groups (broad SMARTS) is 1. The molecule has 0 aliphatic rings. The van der Waals surface area contributed by atoms with Gasteiger partial charge in [-0.3, -0.25) is 4.79 Å². The summed E-state index contributed by atoms with van der Waals surface area (Å²) < 4.78 is 4.85. The van der Waals surface area contributed by atoms with Crippen molar-refractivity contribution in [3.05, 3.63) is 12.7 Å². The summed E-state index contributed by atoms with van der Waals surface area (Å²) in [6, 6.07) is 3.99. The molecule has 0 saturated carbocycles. The van der Waals surface area contributed by atoms with Gasteiger partial charge in [-0.2, -0.15) is 10.5 Å². The molecule has 0 rings (SSSR count). The SMILES string of the molecule is C=CC(=O)O.N#CCCCCC(=O)OCCCC#N. The molecule has 0 bridgehead atoms. The van der Waals surface area contributed by atoms with Crippen molar-refractivity contribution in [2.75, 3.05) is 6.61 Å². The Morgan fingerprint density at radius 1 is 1.16 bits per heavy atom. The minimum atomic E-state index is -0.981. The van der Waals surface area contributed by atoms with Crippen LogP contribution < -0.4 is 0 Å². The standard InChI is InChI=1S/C10H14N2O2.C3H4O2/c11-7-3-1-2-6-10(13)14-9-5-4-8-12;1-2-3(4)5/h1-6,9H2;2H,1H2,(H,4,5). The van der Waals surface area contributed by atoms with Gasteiger partial charge in [0.1, 0.15) is 0 Å². The van der Waals surface area contributed by atoms with Gasteiger partial charge in [0, 0.05) is 25.3 Å². The molecule has 104 valence electrons. The number of carbonyl (C=O) groups is 2. The Morgan fingerprint density at radius 3 is 2.16 bits per heavy atom. The maximum atomic E-state index is 11.0. The van der Waals surface area contributed by atoms with E-state index in [0.29, 0.717) is 38.7 Å². The molecule has 0 aromatic heterocycles. The van der Waals surface area contributed by atoms with Crippen molar-refractivity contribution in [1.82, 2.24) is 0 Å². The summed E-state index contributed by atoms with van der Waals surface area (Å²) in [7, 11) is 0. The van der Waals surface area contributed by atoms with Gasteiger partial charge >= 0.3 is 11.9 Å². The van der Waals surface area contributed by atoms with Gasteiger partial charge in [-0.1, -0.05) is 6.58 Å². The summed E-state index contributed by atoms with van der Waals surface area (Å²) in [4.78, 5) is 20.2. The number of nitrogens with zero attached hydrogens (tertiary/aromatic N) is 2. The molecule has 0 atom stereocenters. The van der Waals surface area contributed by atoms with Crippen LogP contribution in [0.4, 0.5) is 0 Å². The molecule has 6 nitrogen and oxygen atoms in total. The molecule has 0 aromatic carbocycles. The summed E-state index contributed by atoms with van der Waals surface area (Å²) in [6.45, 7) is 3.28. The van der Waals surface area contributed by atoms with Gasteiger partial charge in [0.05, 0.1) is 18.7 Å². The summed E-state index contributed by atoms with van der Waals surface area (Å²) in [6.07, 6.45) is 4.15. The van der Waals surface area contributed by atoms with E-state index in [-0.39, 0.29) is 5.97 Å². The van der Waals surface area contributed by atoms with Crippen molar-refractivity contribution in [3.63, 3.8) is 0 Å². The van der Waals surface area contributed by atoms with E-state index in [1.54, 1.807) is 0 Å². The van der Waals surface area contributed by atoms with E-state index in [9.17, 15) is 9.59 Å². The van der Waals surface area contributed by atoms with Crippen LogP contribution in [0.15, 0.2) is 12.7 Å². The average molecular weight is 266 g/mol. The third-order valence-corrected chi connectivity index (χ3v) is 1.79. The first-order chi connectivity index (χ1) is 9.08. The predicted molar refractivity (Wildman–Crippen MR) is 67.7 cm³/mol. The molecule has 0 fully saturated rings. The molecule has 0 unspecified atom stereocenters. The van der Waals surface area contributed by atoms with Crippen LogP contribution in [0.1, 0.15) is 38.5 Å². The molecule has 0 aliphatic heterocycles. The van der Waals surface area contributed by atoms with Gasteiger partial charge in [0.15, 0.2) is 0 Å². The van der Waals surface area contributed by atoms with E-state index in [0.717, 1.165) is 12.5 Å². The zero-order valence-corrected chi connectivity index (χ0v) is 10.8. The van der Waals surface area contributed by atoms with E-state index in [2.05, 4.69) is 6.58 Å². The first kappa shape index (κ1) is 19.0. The monoisotopic (exact) mass is 266 g/mol. The number of carboxylic acids is 1. The van der Waals surface area contributed by atoms with Gasteiger partial charge < -0.3 is 9.84 Å². The molecule has 0 aromatic rings. The summed E-state index contributed by atoms with van der Waals surface area (Å²) in [5.41, 5.74) is 0. The summed E-state index contributed by atoms with van der Waals surface area (Å²) in [5, 5.41) is 24.1. The van der Waals surface area contributed by atoms with Crippen LogP contribution in [0, 0.1) is 22.7 Å². The van der Waals surface area contributed by atoms with E-state index < -0.39 is 5.97 Å². The highest BCUT2D eigenvalue weighted by Gasteiger charge is 2.01. The van der Waals surface area contributed by atoms with Gasteiger partial charge in [-0.05, 0) is 19.3 Å². The second kappa shape index (κ2) is 15.7. The molecule has 0 saturated heterocycles. The number of ether oxygens (including phenoxy) is 1. The molecule has 0 aliphatic carbocycles. The Kier molecular flexibility index (Phi) is 15.7. The highest BCUT2D eigenvalue weighted by atomic mass is 16.5. The van der Waals surface area contributed by atoms with Crippen molar-refractivity contribution in [1.29, 1.82) is 10.5 Å². The van der Waals surface area contributed by atoms with Crippen molar-refractivity contribution in [2.24, 2.45) is 0 Å². The third-order valence-electron chi connectivity index (χ3n) is 1.79. The van der Waals surface area contributed by atoms with E-state index >= 15 is 0 Å². The Bertz CT molecular complexity index is 329. The fourth-order valence-corrected chi connectivity index (χ4v) is 0.883. The third kappa shape index (κ3) is 21.5. The topological polar surface area (TPSA) is 111 Å². The first-order valence-electron chi connectivity index (χ1n) is 5.83. The zero-order valence-electron chi connectivity index (χ0n) is 10.8. The van der Waals surface area contributed by atoms with Gasteiger partial charge in [-0.15, -0.1) is 0 Å². The number of aliphatic carboxylic acids is 1. The molecular formula is C13H18N2O4. The van der Waals surface area contributed by atoms with Crippen molar-refractivity contribution in [3.8, 4) is 12.1 Å². The smallest absolute Gasteiger partial charge is 0.327 e. The minimum absolute atomic E-state index is 0.235. The fraction of sp³-hybridized carbons (Fsp3) is 0.538. The fourth-order valence-electron chi connectivity index (χ4n) is 0.883. The second-order valence-electron chi connectivity index (χ2n) is 3.39. The maximum absolute atomic E-state index is 11.0. The molecule has 1 N–H and O–H groups in total. The van der Waals surface area contributed by atoms with Crippen LogP contribution in [0.2, 0.25) is 0 Å². The Balaban J connectivity index is 0. The minimum Gasteiger partial charge on any atom is -0.478 e. The van der Waals surface area contributed by atoms with Crippen LogP contribution in [0.3, 0.4) is 0 Å². The molecule has 0 amide bonds. The van der Waals surface area contributed by atoms with Crippen LogP contribution in [-0.4, -0.2) is 23.7 Å². The van der Waals surface area contributed by atoms with Gasteiger partial charge in [0.2, 0.25) is 0 Å². The first-order valence-corrected chi connectivity index (χ1v) is 5.83. The van der Waals surface area contributed by atoms with Crippen molar-refractivity contribution in [2.45, 2.75) is 38.5 Å². The van der Waals surface area contributed by atoms with Crippen LogP contribution in [0.5, 0.6) is 0 Å². The van der Waals surface area contributed by atoms with Crippen molar-refractivity contribution >= 4 is 11.9 Å². The number of hydrogen-bond acceptors (Lipinski definition) is 5. The highest BCUT2D eigenvalue weighted by Crippen LogP contribution is 2.01. The molecule has 0 radical (unpaired) electrons. The van der Waals surface area contributed by atoms with Crippen LogP contribution in [-0.2, 0) is 14.3 Å². The lowest BCUT2D eigenvalue weighted by molar-refractivity contribution is -0.143. The Labute approximate surface area is 112 Å². The summed E-state index contributed by atoms with van der Waals surface area (Å²) >= 11 is 0. The molecule has 19 heavy (non-hydrogen) atoms. The Hall–Kier alpha value is -2.34. The zero-order chi connectivity index (χ0) is 14.9. The average Bonchev–Trinajstić information content (AvgIpc) is 2.40.